The van der Waals surface area contributed by atoms with Crippen LogP contribution in [0.25, 0.3) is 0 Å². The topological polar surface area (TPSA) is 0 Å². The van der Waals surface area contributed by atoms with Crippen LogP contribution in [0.15, 0.2) is 45.3 Å². The highest BCUT2D eigenvalue weighted by Gasteiger charge is 2.17. The van der Waals surface area contributed by atoms with E-state index >= 15 is 0 Å². The van der Waals surface area contributed by atoms with Gasteiger partial charge in [-0.25, -0.2) is 0 Å². The number of halogens is 5. The van der Waals surface area contributed by atoms with Crippen molar-refractivity contribution in [3.63, 3.8) is 0 Å². The number of alkyl halides is 1. The molecular formula is C13H7Br2Cl3. The Labute approximate surface area is 137 Å². The first-order chi connectivity index (χ1) is 8.49. The van der Waals surface area contributed by atoms with Crippen molar-refractivity contribution in [1.82, 2.24) is 0 Å². The fourth-order valence-corrected chi connectivity index (χ4v) is 3.83. The van der Waals surface area contributed by atoms with Gasteiger partial charge in [0, 0.05) is 19.0 Å². The quantitative estimate of drug-likeness (QED) is 0.458. The zero-order chi connectivity index (χ0) is 13.3. The van der Waals surface area contributed by atoms with Gasteiger partial charge in [-0.05, 0) is 41.5 Å². The number of benzene rings is 2. The molecule has 0 aromatic heterocycles. The molecule has 0 amide bonds. The van der Waals surface area contributed by atoms with Crippen molar-refractivity contribution in [2.24, 2.45) is 0 Å². The van der Waals surface area contributed by atoms with E-state index in [-0.39, 0.29) is 5.38 Å². The molecule has 2 rings (SSSR count). The second-order valence-electron chi connectivity index (χ2n) is 3.69. The summed E-state index contributed by atoms with van der Waals surface area (Å²) < 4.78 is 1.91. The van der Waals surface area contributed by atoms with E-state index in [0.717, 1.165) is 20.1 Å². The van der Waals surface area contributed by atoms with E-state index in [1.807, 2.05) is 18.2 Å². The van der Waals surface area contributed by atoms with Crippen LogP contribution in [0.2, 0.25) is 10.0 Å². The first-order valence-electron chi connectivity index (χ1n) is 5.03. The molecule has 1 atom stereocenters. The van der Waals surface area contributed by atoms with Crippen LogP contribution in [0.1, 0.15) is 16.5 Å². The second-order valence-corrected chi connectivity index (χ2v) is 6.74. The van der Waals surface area contributed by atoms with E-state index in [9.17, 15) is 0 Å². The molecule has 2 aromatic rings. The third-order valence-corrected chi connectivity index (χ3v) is 4.70. The Morgan fingerprint density at radius 1 is 0.889 bits per heavy atom. The van der Waals surface area contributed by atoms with Gasteiger partial charge in [-0.15, -0.1) is 11.6 Å². The summed E-state index contributed by atoms with van der Waals surface area (Å²) in [5.41, 5.74) is 1.75. The molecule has 0 aliphatic carbocycles. The molecule has 0 saturated carbocycles. The lowest BCUT2D eigenvalue weighted by Gasteiger charge is -2.14. The van der Waals surface area contributed by atoms with Crippen LogP contribution in [-0.2, 0) is 0 Å². The van der Waals surface area contributed by atoms with Crippen LogP contribution in [-0.4, -0.2) is 0 Å². The number of hydrogen-bond donors (Lipinski definition) is 0. The first kappa shape index (κ1) is 14.7. The largest absolute Gasteiger partial charge is 0.112 e. The lowest BCUT2D eigenvalue weighted by molar-refractivity contribution is 1.13. The van der Waals surface area contributed by atoms with E-state index in [0.29, 0.717) is 10.0 Å². The summed E-state index contributed by atoms with van der Waals surface area (Å²) in [6.07, 6.45) is 0. The predicted octanol–water partition coefficient (Wildman–Crippen LogP) is 6.85. The number of rotatable bonds is 2. The van der Waals surface area contributed by atoms with Gasteiger partial charge < -0.3 is 0 Å². The van der Waals surface area contributed by atoms with Crippen molar-refractivity contribution in [2.75, 3.05) is 0 Å². The van der Waals surface area contributed by atoms with Crippen LogP contribution in [0.5, 0.6) is 0 Å². The molecule has 0 saturated heterocycles. The molecule has 1 unspecified atom stereocenters. The van der Waals surface area contributed by atoms with Gasteiger partial charge in [0.15, 0.2) is 0 Å². The lowest BCUT2D eigenvalue weighted by atomic mass is 10.0. The molecule has 0 aliphatic rings. The Bertz CT molecular complexity index is 584. The molecule has 18 heavy (non-hydrogen) atoms. The monoisotopic (exact) mass is 426 g/mol. The van der Waals surface area contributed by atoms with Gasteiger partial charge in [0.25, 0.3) is 0 Å². The average molecular weight is 429 g/mol. The Morgan fingerprint density at radius 2 is 1.61 bits per heavy atom. The molecule has 0 spiro atoms. The van der Waals surface area contributed by atoms with Crippen LogP contribution >= 0.6 is 66.7 Å². The van der Waals surface area contributed by atoms with Gasteiger partial charge in [-0.3, -0.25) is 0 Å². The fraction of sp³-hybridized carbons (Fsp3) is 0.0769. The molecule has 0 bridgehead atoms. The van der Waals surface area contributed by atoms with Crippen molar-refractivity contribution < 1.29 is 0 Å². The molecule has 0 N–H and O–H groups in total. The van der Waals surface area contributed by atoms with Crippen molar-refractivity contribution >= 4 is 66.7 Å². The molecule has 0 radical (unpaired) electrons. The average Bonchev–Trinajstić information content (AvgIpc) is 2.31. The predicted molar refractivity (Wildman–Crippen MR) is 86.0 cm³/mol. The minimum absolute atomic E-state index is 0.348. The summed E-state index contributed by atoms with van der Waals surface area (Å²) in [5.74, 6) is 0. The SMILES string of the molecule is Clc1ccc(Cl)c(C(Cl)c2ccc(Br)cc2Br)c1. The van der Waals surface area contributed by atoms with Crippen LogP contribution in [0.4, 0.5) is 0 Å². The highest BCUT2D eigenvalue weighted by atomic mass is 79.9. The number of hydrogen-bond acceptors (Lipinski definition) is 0. The second kappa shape index (κ2) is 6.15. The zero-order valence-electron chi connectivity index (χ0n) is 8.93. The van der Waals surface area contributed by atoms with Crippen molar-refractivity contribution in [3.8, 4) is 0 Å². The third kappa shape index (κ3) is 3.23. The highest BCUT2D eigenvalue weighted by Crippen LogP contribution is 2.39. The van der Waals surface area contributed by atoms with Gasteiger partial charge in [0.1, 0.15) is 0 Å². The van der Waals surface area contributed by atoms with Crippen molar-refractivity contribution in [3.05, 3.63) is 66.5 Å². The van der Waals surface area contributed by atoms with Gasteiger partial charge in [-0.2, -0.15) is 0 Å². The zero-order valence-corrected chi connectivity index (χ0v) is 14.4. The lowest BCUT2D eigenvalue weighted by Crippen LogP contribution is -1.96. The van der Waals surface area contributed by atoms with Gasteiger partial charge in [-0.1, -0.05) is 61.1 Å². The molecule has 94 valence electrons. The Balaban J connectivity index is 2.47. The normalized spacial score (nSPS) is 12.5. The Hall–Kier alpha value is 0.270. The maximum atomic E-state index is 6.48. The van der Waals surface area contributed by atoms with E-state index in [1.165, 1.54) is 0 Å². The summed E-state index contributed by atoms with van der Waals surface area (Å²) >= 11 is 25.5. The van der Waals surface area contributed by atoms with E-state index in [4.69, 9.17) is 34.8 Å². The maximum absolute atomic E-state index is 6.48. The maximum Gasteiger partial charge on any atom is 0.0861 e. The van der Waals surface area contributed by atoms with Gasteiger partial charge >= 0.3 is 0 Å². The molecule has 0 heterocycles. The molecule has 0 nitrogen and oxygen atoms in total. The van der Waals surface area contributed by atoms with Gasteiger partial charge in [0.2, 0.25) is 0 Å². The van der Waals surface area contributed by atoms with E-state index in [2.05, 4.69) is 31.9 Å². The minimum Gasteiger partial charge on any atom is -0.112 e. The van der Waals surface area contributed by atoms with Gasteiger partial charge in [0.05, 0.1) is 5.38 Å². The third-order valence-electron chi connectivity index (χ3n) is 2.47. The van der Waals surface area contributed by atoms with Crippen LogP contribution in [0, 0.1) is 0 Å². The van der Waals surface area contributed by atoms with E-state index in [1.54, 1.807) is 18.2 Å². The summed E-state index contributed by atoms with van der Waals surface area (Å²) in [4.78, 5) is 0. The molecular weight excluding hydrogens is 422 g/mol. The van der Waals surface area contributed by atoms with Crippen LogP contribution in [0.3, 0.4) is 0 Å². The Morgan fingerprint density at radius 3 is 2.28 bits per heavy atom. The fourth-order valence-electron chi connectivity index (χ4n) is 1.58. The molecule has 0 fully saturated rings. The summed E-state index contributed by atoms with van der Waals surface area (Å²) in [5, 5.41) is 0.876. The molecule has 2 aromatic carbocycles. The standard InChI is InChI=1S/C13H7Br2Cl3/c14-7-1-3-9(11(15)5-7)13(18)10-6-8(16)2-4-12(10)17/h1-6,13H. The summed E-state index contributed by atoms with van der Waals surface area (Å²) in [6.45, 7) is 0. The van der Waals surface area contributed by atoms with E-state index < -0.39 is 0 Å². The van der Waals surface area contributed by atoms with Crippen molar-refractivity contribution in [2.45, 2.75) is 5.38 Å². The molecule has 0 aliphatic heterocycles. The Kier molecular flexibility index (Phi) is 5.01. The van der Waals surface area contributed by atoms with Crippen molar-refractivity contribution in [1.29, 1.82) is 0 Å². The summed E-state index contributed by atoms with van der Waals surface area (Å²) in [7, 11) is 0. The first-order valence-corrected chi connectivity index (χ1v) is 7.81. The smallest absolute Gasteiger partial charge is 0.0861 e. The van der Waals surface area contributed by atoms with Crippen LogP contribution < -0.4 is 0 Å². The minimum atomic E-state index is -0.348. The molecule has 5 heteroatoms. The highest BCUT2D eigenvalue weighted by molar-refractivity contribution is 9.11. The summed E-state index contributed by atoms with van der Waals surface area (Å²) in [6, 6.07) is 11.1.